The average Bonchev–Trinajstić information content (AvgIpc) is 3.02. The quantitative estimate of drug-likeness (QED) is 0.746. The lowest BCUT2D eigenvalue weighted by Crippen LogP contribution is -2.23. The van der Waals surface area contributed by atoms with Crippen LogP contribution in [-0.4, -0.2) is 20.8 Å². The van der Waals surface area contributed by atoms with Crippen LogP contribution in [-0.2, 0) is 11.3 Å². The molecule has 0 radical (unpaired) electrons. The fourth-order valence-corrected chi connectivity index (χ4v) is 2.38. The van der Waals surface area contributed by atoms with Gasteiger partial charge in [0, 0.05) is 30.7 Å². The van der Waals surface area contributed by atoms with Crippen LogP contribution >= 0.6 is 0 Å². The van der Waals surface area contributed by atoms with Crippen LogP contribution in [0.2, 0.25) is 0 Å². The minimum absolute atomic E-state index is 0.189. The summed E-state index contributed by atoms with van der Waals surface area (Å²) >= 11 is 0. The molecule has 3 rings (SSSR count). The molecule has 0 aliphatic heterocycles. The highest BCUT2D eigenvalue weighted by atomic mass is 16.5. The number of hydrogen-bond donors (Lipinski definition) is 1. The molecule has 7 heteroatoms. The normalized spacial score (nSPS) is 10.6. The molecule has 128 valence electrons. The van der Waals surface area contributed by atoms with Crippen LogP contribution < -0.4 is 10.9 Å². The van der Waals surface area contributed by atoms with Gasteiger partial charge in [0.2, 0.25) is 11.8 Å². The molecule has 3 aromatic rings. The second-order valence-corrected chi connectivity index (χ2v) is 5.63. The van der Waals surface area contributed by atoms with Gasteiger partial charge in [-0.25, -0.2) is 4.68 Å². The van der Waals surface area contributed by atoms with E-state index in [1.807, 2.05) is 30.3 Å². The van der Waals surface area contributed by atoms with Crippen molar-refractivity contribution in [3.63, 3.8) is 0 Å². The highest BCUT2D eigenvalue weighted by Gasteiger charge is 2.08. The first-order valence-electron chi connectivity index (χ1n) is 7.98. The number of aromatic nitrogens is 3. The fraction of sp³-hybridized carbons (Fsp3) is 0.222. The second-order valence-electron chi connectivity index (χ2n) is 5.63. The van der Waals surface area contributed by atoms with Crippen molar-refractivity contribution in [2.24, 2.45) is 0 Å². The molecule has 1 amide bonds. The molecule has 2 heterocycles. The highest BCUT2D eigenvalue weighted by molar-refractivity contribution is 5.89. The Balaban J connectivity index is 1.59. The number of anilines is 1. The summed E-state index contributed by atoms with van der Waals surface area (Å²) in [6.07, 6.45) is 0.744. The van der Waals surface area contributed by atoms with E-state index in [0.717, 1.165) is 11.3 Å². The number of nitrogens with zero attached hydrogens (tertiary/aromatic N) is 3. The third-order valence-electron chi connectivity index (χ3n) is 3.60. The number of carbonyl (C=O) groups is 1. The molecule has 1 N–H and O–H groups in total. The topological polar surface area (TPSA) is 90.0 Å². The Morgan fingerprint density at radius 3 is 2.72 bits per heavy atom. The number of aryl methyl sites for hydroxylation is 2. The molecule has 1 aromatic carbocycles. The SMILES string of the molecule is Cc1cc(NC(=O)CCCn2nc(-c3ccccc3)ccc2=O)on1. The summed E-state index contributed by atoms with van der Waals surface area (Å²) in [5.74, 6) is 0.132. The van der Waals surface area contributed by atoms with Crippen LogP contribution in [0, 0.1) is 6.92 Å². The Bertz CT molecular complexity index is 915. The molecule has 7 nitrogen and oxygen atoms in total. The first-order chi connectivity index (χ1) is 12.1. The Hall–Kier alpha value is -3.22. The van der Waals surface area contributed by atoms with Crippen molar-refractivity contribution >= 4 is 11.8 Å². The van der Waals surface area contributed by atoms with Crippen LogP contribution in [0.4, 0.5) is 5.88 Å². The van der Waals surface area contributed by atoms with Gasteiger partial charge in [-0.05, 0) is 19.4 Å². The first kappa shape index (κ1) is 16.6. The average molecular weight is 338 g/mol. The predicted octanol–water partition coefficient (Wildman–Crippen LogP) is 2.63. The molecule has 2 aromatic heterocycles. The van der Waals surface area contributed by atoms with Gasteiger partial charge in [-0.1, -0.05) is 35.5 Å². The zero-order valence-electron chi connectivity index (χ0n) is 13.8. The molecule has 0 spiro atoms. The van der Waals surface area contributed by atoms with Gasteiger partial charge in [0.1, 0.15) is 0 Å². The summed E-state index contributed by atoms with van der Waals surface area (Å²) in [6.45, 7) is 2.14. The van der Waals surface area contributed by atoms with E-state index in [1.165, 1.54) is 10.7 Å². The van der Waals surface area contributed by atoms with Gasteiger partial charge in [0.05, 0.1) is 11.4 Å². The fourth-order valence-electron chi connectivity index (χ4n) is 2.38. The van der Waals surface area contributed by atoms with Gasteiger partial charge in [-0.15, -0.1) is 0 Å². The van der Waals surface area contributed by atoms with Crippen molar-refractivity contribution < 1.29 is 9.32 Å². The largest absolute Gasteiger partial charge is 0.338 e. The Morgan fingerprint density at radius 1 is 1.20 bits per heavy atom. The Morgan fingerprint density at radius 2 is 2.00 bits per heavy atom. The van der Waals surface area contributed by atoms with E-state index in [1.54, 1.807) is 19.1 Å². The van der Waals surface area contributed by atoms with Crippen LogP contribution in [0.25, 0.3) is 11.3 Å². The van der Waals surface area contributed by atoms with Crippen molar-refractivity contribution in [2.45, 2.75) is 26.3 Å². The van der Waals surface area contributed by atoms with E-state index in [-0.39, 0.29) is 17.9 Å². The minimum Gasteiger partial charge on any atom is -0.338 e. The van der Waals surface area contributed by atoms with E-state index < -0.39 is 0 Å². The zero-order chi connectivity index (χ0) is 17.6. The standard InChI is InChI=1S/C18H18N4O3/c1-13-12-17(25-21-13)19-16(23)8-5-11-22-18(24)10-9-15(20-22)14-6-3-2-4-7-14/h2-4,6-7,9-10,12H,5,8,11H2,1H3,(H,19,23). The monoisotopic (exact) mass is 338 g/mol. The van der Waals surface area contributed by atoms with E-state index in [0.29, 0.717) is 24.5 Å². The maximum atomic E-state index is 11.9. The minimum atomic E-state index is -0.191. The van der Waals surface area contributed by atoms with Crippen molar-refractivity contribution in [3.8, 4) is 11.3 Å². The molecule has 0 unspecified atom stereocenters. The molecule has 25 heavy (non-hydrogen) atoms. The predicted molar refractivity (Wildman–Crippen MR) is 93.0 cm³/mol. The van der Waals surface area contributed by atoms with Gasteiger partial charge in [-0.3, -0.25) is 14.9 Å². The van der Waals surface area contributed by atoms with Crippen molar-refractivity contribution in [2.75, 3.05) is 5.32 Å². The summed E-state index contributed by atoms with van der Waals surface area (Å²) < 4.78 is 6.32. The Kier molecular flexibility index (Phi) is 5.03. The lowest BCUT2D eigenvalue weighted by atomic mass is 10.1. The molecule has 0 aliphatic carbocycles. The number of carbonyl (C=O) groups excluding carboxylic acids is 1. The third-order valence-corrected chi connectivity index (χ3v) is 3.60. The zero-order valence-corrected chi connectivity index (χ0v) is 13.8. The third kappa shape index (κ3) is 4.41. The van der Waals surface area contributed by atoms with Crippen molar-refractivity contribution in [1.82, 2.24) is 14.9 Å². The number of hydrogen-bond acceptors (Lipinski definition) is 5. The van der Waals surface area contributed by atoms with Gasteiger partial charge < -0.3 is 4.52 Å². The van der Waals surface area contributed by atoms with Gasteiger partial charge in [-0.2, -0.15) is 5.10 Å². The van der Waals surface area contributed by atoms with Gasteiger partial charge in [0.15, 0.2) is 0 Å². The highest BCUT2D eigenvalue weighted by Crippen LogP contribution is 2.14. The molecule has 0 saturated heterocycles. The van der Waals surface area contributed by atoms with E-state index in [2.05, 4.69) is 15.6 Å². The van der Waals surface area contributed by atoms with Crippen LogP contribution in [0.1, 0.15) is 18.5 Å². The van der Waals surface area contributed by atoms with Gasteiger partial charge in [0.25, 0.3) is 5.56 Å². The Labute approximate surface area is 144 Å². The number of nitrogens with one attached hydrogen (secondary N) is 1. The number of rotatable bonds is 6. The van der Waals surface area contributed by atoms with Crippen LogP contribution in [0.3, 0.4) is 0 Å². The molecular weight excluding hydrogens is 320 g/mol. The van der Waals surface area contributed by atoms with E-state index >= 15 is 0 Å². The number of benzene rings is 1. The lowest BCUT2D eigenvalue weighted by molar-refractivity contribution is -0.116. The number of amides is 1. The maximum absolute atomic E-state index is 11.9. The summed E-state index contributed by atoms with van der Waals surface area (Å²) in [6, 6.07) is 14.5. The molecule has 0 fully saturated rings. The molecule has 0 saturated carbocycles. The summed E-state index contributed by atoms with van der Waals surface area (Å²) in [5, 5.41) is 10.7. The van der Waals surface area contributed by atoms with Gasteiger partial charge >= 0.3 is 0 Å². The molecule has 0 aliphatic rings. The van der Waals surface area contributed by atoms with Crippen molar-refractivity contribution in [3.05, 3.63) is 64.6 Å². The summed E-state index contributed by atoms with van der Waals surface area (Å²) in [4.78, 5) is 23.8. The van der Waals surface area contributed by atoms with Crippen molar-refractivity contribution in [1.29, 1.82) is 0 Å². The second kappa shape index (κ2) is 7.57. The van der Waals surface area contributed by atoms with Crippen LogP contribution in [0.5, 0.6) is 0 Å². The smallest absolute Gasteiger partial charge is 0.266 e. The lowest BCUT2D eigenvalue weighted by Gasteiger charge is -2.07. The summed E-state index contributed by atoms with van der Waals surface area (Å²) in [7, 11) is 0. The maximum Gasteiger partial charge on any atom is 0.266 e. The summed E-state index contributed by atoms with van der Waals surface area (Å²) in [5.41, 5.74) is 2.17. The molecule has 0 atom stereocenters. The molecule has 0 bridgehead atoms. The first-order valence-corrected chi connectivity index (χ1v) is 7.98. The van der Waals surface area contributed by atoms with Crippen LogP contribution in [0.15, 0.2) is 57.8 Å². The van der Waals surface area contributed by atoms with E-state index in [9.17, 15) is 9.59 Å². The van der Waals surface area contributed by atoms with E-state index in [4.69, 9.17) is 4.52 Å². The molecular formula is C18H18N4O3.